The molecule has 0 N–H and O–H groups in total. The van der Waals surface area contributed by atoms with E-state index in [-0.39, 0.29) is 0 Å². The quantitative estimate of drug-likeness (QED) is 0.304. The Morgan fingerprint density at radius 1 is 1.24 bits per heavy atom. The van der Waals surface area contributed by atoms with E-state index >= 15 is 0 Å². The summed E-state index contributed by atoms with van der Waals surface area (Å²) in [6.45, 7) is 1.34. The van der Waals surface area contributed by atoms with Gasteiger partial charge in [0.1, 0.15) is 0 Å². The lowest BCUT2D eigenvalue weighted by Crippen LogP contribution is -2.21. The summed E-state index contributed by atoms with van der Waals surface area (Å²) < 4.78 is 77.8. The van der Waals surface area contributed by atoms with Crippen molar-refractivity contribution in [2.45, 2.75) is 28.5 Å². The van der Waals surface area contributed by atoms with Gasteiger partial charge in [-0.3, -0.25) is 4.79 Å². The highest BCUT2D eigenvalue weighted by Crippen LogP contribution is 2.44. The van der Waals surface area contributed by atoms with Crippen LogP contribution in [0.4, 0.5) is 26.3 Å². The molecule has 2 nitrogen and oxygen atoms in total. The molecule has 0 saturated carbocycles. The van der Waals surface area contributed by atoms with Crippen LogP contribution < -0.4 is 4.74 Å². The van der Waals surface area contributed by atoms with Gasteiger partial charge in [-0.15, -0.1) is 13.2 Å². The number of ketones is 1. The van der Waals surface area contributed by atoms with Gasteiger partial charge < -0.3 is 4.74 Å². The van der Waals surface area contributed by atoms with E-state index in [2.05, 4.69) is 20.7 Å². The number of Topliss-reactive ketones (excluding diaryl/α,β-unsaturated/α-hetero) is 1. The summed E-state index contributed by atoms with van der Waals surface area (Å²) in [5.74, 6) is -1.97. The van der Waals surface area contributed by atoms with Crippen molar-refractivity contribution in [2.24, 2.45) is 0 Å². The lowest BCUT2D eigenvalue weighted by atomic mass is 10.1. The molecular formula is C11H7BrF6O2S. The summed E-state index contributed by atoms with van der Waals surface area (Å²) in [4.78, 5) is 10.1. The Balaban J connectivity index is 3.37. The fraction of sp³-hybridized carbons (Fsp3) is 0.364. The van der Waals surface area contributed by atoms with Crippen molar-refractivity contribution in [3.8, 4) is 5.75 Å². The summed E-state index contributed by atoms with van der Waals surface area (Å²) in [7, 11) is 0. The molecule has 10 heteroatoms. The average Bonchev–Trinajstić information content (AvgIpc) is 2.26. The summed E-state index contributed by atoms with van der Waals surface area (Å²) >= 11 is 2.08. The van der Waals surface area contributed by atoms with Gasteiger partial charge in [0, 0.05) is 0 Å². The van der Waals surface area contributed by atoms with Crippen LogP contribution in [-0.2, 0) is 0 Å². The van der Waals surface area contributed by atoms with Crippen LogP contribution in [-0.4, -0.2) is 22.5 Å². The molecule has 0 aliphatic carbocycles. The van der Waals surface area contributed by atoms with Crippen LogP contribution in [0.1, 0.15) is 17.3 Å². The first-order chi connectivity index (χ1) is 9.41. The lowest BCUT2D eigenvalue weighted by molar-refractivity contribution is -0.275. The van der Waals surface area contributed by atoms with E-state index in [1.165, 1.54) is 6.92 Å². The Bertz CT molecular complexity index is 526. The van der Waals surface area contributed by atoms with E-state index in [4.69, 9.17) is 0 Å². The molecule has 1 unspecified atom stereocenters. The second-order valence-electron chi connectivity index (χ2n) is 3.71. The maximum absolute atomic E-state index is 12.4. The van der Waals surface area contributed by atoms with Crippen molar-refractivity contribution in [1.29, 1.82) is 0 Å². The maximum atomic E-state index is 12.4. The maximum Gasteiger partial charge on any atom is 0.573 e. The molecule has 0 bridgehead atoms. The number of para-hydroxylation sites is 1. The Kier molecular flexibility index (Phi) is 5.59. The lowest BCUT2D eigenvalue weighted by Gasteiger charge is -2.17. The third kappa shape index (κ3) is 5.77. The summed E-state index contributed by atoms with van der Waals surface area (Å²) in [6, 6.07) is 2.83. The van der Waals surface area contributed by atoms with E-state index in [1.54, 1.807) is 0 Å². The first-order valence-electron chi connectivity index (χ1n) is 5.23. The number of benzene rings is 1. The second kappa shape index (κ2) is 6.47. The number of hydrogen-bond acceptors (Lipinski definition) is 3. The molecule has 0 saturated heterocycles. The summed E-state index contributed by atoms with van der Waals surface area (Å²) in [5.41, 5.74) is -5.39. The highest BCUT2D eigenvalue weighted by Gasteiger charge is 2.38. The van der Waals surface area contributed by atoms with E-state index in [0.29, 0.717) is 0 Å². The molecule has 0 radical (unpaired) electrons. The molecule has 1 aromatic carbocycles. The van der Waals surface area contributed by atoms with Gasteiger partial charge in [0.05, 0.1) is 15.3 Å². The topological polar surface area (TPSA) is 26.3 Å². The van der Waals surface area contributed by atoms with E-state index < -0.39 is 50.5 Å². The SMILES string of the molecule is CC(Br)C(=O)c1cccc(SC(F)(F)F)c1OC(F)(F)F. The highest BCUT2D eigenvalue weighted by atomic mass is 79.9. The van der Waals surface area contributed by atoms with Gasteiger partial charge >= 0.3 is 11.9 Å². The van der Waals surface area contributed by atoms with Gasteiger partial charge in [0.25, 0.3) is 0 Å². The van der Waals surface area contributed by atoms with Crippen LogP contribution >= 0.6 is 27.7 Å². The predicted molar refractivity (Wildman–Crippen MR) is 67.8 cm³/mol. The number of carbonyl (C=O) groups excluding carboxylic acids is 1. The van der Waals surface area contributed by atoms with Crippen molar-refractivity contribution in [3.63, 3.8) is 0 Å². The smallest absolute Gasteiger partial charge is 0.404 e. The molecule has 0 aliphatic heterocycles. The molecule has 0 aromatic heterocycles. The zero-order chi connectivity index (χ0) is 16.4. The van der Waals surface area contributed by atoms with Crippen LogP contribution in [0, 0.1) is 0 Å². The van der Waals surface area contributed by atoms with Crippen molar-refractivity contribution in [1.82, 2.24) is 0 Å². The number of halogens is 7. The standard InChI is InChI=1S/C11H7BrF6O2S/c1-5(12)8(19)6-3-2-4-7(21-11(16,17)18)9(6)20-10(13,14)15/h2-5H,1H3. The van der Waals surface area contributed by atoms with Gasteiger partial charge in [-0.1, -0.05) is 22.0 Å². The summed E-state index contributed by atoms with van der Waals surface area (Å²) in [5, 5.41) is 0. The largest absolute Gasteiger partial charge is 0.573 e. The molecular weight excluding hydrogens is 390 g/mol. The summed E-state index contributed by atoms with van der Waals surface area (Å²) in [6.07, 6.45) is -5.22. The van der Waals surface area contributed by atoms with E-state index in [9.17, 15) is 31.1 Å². The highest BCUT2D eigenvalue weighted by molar-refractivity contribution is 9.10. The van der Waals surface area contributed by atoms with Crippen LogP contribution in [0.15, 0.2) is 23.1 Å². The normalized spacial score (nSPS) is 13.9. The molecule has 0 aliphatic rings. The zero-order valence-electron chi connectivity index (χ0n) is 10.2. The van der Waals surface area contributed by atoms with Crippen LogP contribution in [0.5, 0.6) is 5.75 Å². The Hall–Kier alpha value is -0.900. The van der Waals surface area contributed by atoms with Crippen molar-refractivity contribution in [3.05, 3.63) is 23.8 Å². The molecule has 0 fully saturated rings. The van der Waals surface area contributed by atoms with Gasteiger partial charge in [-0.05, 0) is 30.8 Å². The third-order valence-corrected chi connectivity index (χ3v) is 3.24. The number of carbonyl (C=O) groups is 1. The monoisotopic (exact) mass is 396 g/mol. The van der Waals surface area contributed by atoms with E-state index in [1.807, 2.05) is 0 Å². The predicted octanol–water partition coefficient (Wildman–Crippen LogP) is 5.16. The molecule has 118 valence electrons. The van der Waals surface area contributed by atoms with Gasteiger partial charge in [0.15, 0.2) is 11.5 Å². The first-order valence-corrected chi connectivity index (χ1v) is 6.96. The number of thioether (sulfide) groups is 1. The van der Waals surface area contributed by atoms with Crippen LogP contribution in [0.2, 0.25) is 0 Å². The molecule has 0 amide bonds. The second-order valence-corrected chi connectivity index (χ2v) is 6.19. The molecule has 21 heavy (non-hydrogen) atoms. The molecule has 1 atom stereocenters. The fourth-order valence-corrected chi connectivity index (χ4v) is 2.24. The van der Waals surface area contributed by atoms with Crippen LogP contribution in [0.3, 0.4) is 0 Å². The van der Waals surface area contributed by atoms with Crippen molar-refractivity contribution in [2.75, 3.05) is 0 Å². The minimum atomic E-state index is -5.22. The van der Waals surface area contributed by atoms with Gasteiger partial charge in [-0.25, -0.2) is 0 Å². The third-order valence-electron chi connectivity index (χ3n) is 2.05. The first kappa shape index (κ1) is 18.1. The Morgan fingerprint density at radius 2 is 1.81 bits per heavy atom. The number of hydrogen-bond donors (Lipinski definition) is 0. The zero-order valence-corrected chi connectivity index (χ0v) is 12.6. The Labute approximate surface area is 128 Å². The van der Waals surface area contributed by atoms with Gasteiger partial charge in [-0.2, -0.15) is 13.2 Å². The molecule has 0 heterocycles. The average molecular weight is 397 g/mol. The molecule has 0 spiro atoms. The van der Waals surface area contributed by atoms with E-state index in [0.717, 1.165) is 18.2 Å². The van der Waals surface area contributed by atoms with Crippen molar-refractivity contribution >= 4 is 33.5 Å². The minimum absolute atomic E-state index is 0.578. The molecule has 1 rings (SSSR count). The Morgan fingerprint density at radius 3 is 2.24 bits per heavy atom. The number of rotatable bonds is 4. The molecule has 1 aromatic rings. The number of alkyl halides is 7. The van der Waals surface area contributed by atoms with Gasteiger partial charge in [0.2, 0.25) is 0 Å². The van der Waals surface area contributed by atoms with Crippen molar-refractivity contribution < 1.29 is 35.9 Å². The van der Waals surface area contributed by atoms with Crippen LogP contribution in [0.25, 0.3) is 0 Å². The number of ether oxygens (including phenoxy) is 1. The fourth-order valence-electron chi connectivity index (χ4n) is 1.35. The minimum Gasteiger partial charge on any atom is -0.404 e.